The highest BCUT2D eigenvalue weighted by atomic mass is 35.5. The average molecular weight is 303 g/mol. The van der Waals surface area contributed by atoms with Gasteiger partial charge >= 0.3 is 0 Å². The van der Waals surface area contributed by atoms with Gasteiger partial charge in [-0.2, -0.15) is 0 Å². The van der Waals surface area contributed by atoms with Crippen molar-refractivity contribution in [1.29, 1.82) is 0 Å². The fourth-order valence-electron chi connectivity index (χ4n) is 1.38. The molecule has 1 N–H and O–H groups in total. The molecule has 1 heterocycles. The summed E-state index contributed by atoms with van der Waals surface area (Å²) in [6.07, 6.45) is 2.93. The first-order valence-corrected chi connectivity index (χ1v) is 8.22. The Balaban J connectivity index is 2.22. The van der Waals surface area contributed by atoms with Gasteiger partial charge in [0.15, 0.2) is 9.84 Å². The zero-order chi connectivity index (χ0) is 13.2. The van der Waals surface area contributed by atoms with Gasteiger partial charge in [0.25, 0.3) is 0 Å². The summed E-state index contributed by atoms with van der Waals surface area (Å²) in [6, 6.07) is 4.61. The maximum atomic E-state index is 11.5. The van der Waals surface area contributed by atoms with Crippen molar-refractivity contribution in [2.24, 2.45) is 0 Å². The fraction of sp³-hybridized carbons (Fsp3) is 0.182. The molecule has 0 atom stereocenters. The van der Waals surface area contributed by atoms with Crippen LogP contribution in [0.5, 0.6) is 0 Å². The van der Waals surface area contributed by atoms with E-state index in [1.54, 1.807) is 23.8 Å². The summed E-state index contributed by atoms with van der Waals surface area (Å²) < 4.78 is 22.9. The van der Waals surface area contributed by atoms with E-state index in [1.807, 2.05) is 0 Å². The molecule has 0 fully saturated rings. The molecule has 7 heteroatoms. The van der Waals surface area contributed by atoms with Crippen LogP contribution in [0.15, 0.2) is 34.8 Å². The molecule has 2 aromatic rings. The van der Waals surface area contributed by atoms with Gasteiger partial charge in [0, 0.05) is 17.3 Å². The Kier molecular flexibility index (Phi) is 3.89. The first-order chi connectivity index (χ1) is 8.47. The Morgan fingerprint density at radius 2 is 2.22 bits per heavy atom. The lowest BCUT2D eigenvalue weighted by Crippen LogP contribution is -2.02. The molecule has 0 radical (unpaired) electrons. The summed E-state index contributed by atoms with van der Waals surface area (Å²) in [5.74, 6) is 0. The summed E-state index contributed by atoms with van der Waals surface area (Å²) in [7, 11) is -3.22. The summed E-state index contributed by atoms with van der Waals surface area (Å²) in [4.78, 5) is 5.26. The molecule has 0 saturated heterocycles. The van der Waals surface area contributed by atoms with Crippen LogP contribution in [0, 0.1) is 0 Å². The summed E-state index contributed by atoms with van der Waals surface area (Å²) in [5.41, 5.74) is 2.35. The van der Waals surface area contributed by atoms with Crippen molar-refractivity contribution < 1.29 is 8.42 Å². The van der Waals surface area contributed by atoms with Gasteiger partial charge in [0.2, 0.25) is 0 Å². The van der Waals surface area contributed by atoms with Crippen LogP contribution in [-0.2, 0) is 16.4 Å². The first-order valence-electron chi connectivity index (χ1n) is 5.07. The van der Waals surface area contributed by atoms with Crippen LogP contribution < -0.4 is 5.32 Å². The molecule has 0 aliphatic rings. The van der Waals surface area contributed by atoms with Crippen LogP contribution in [0.2, 0.25) is 5.02 Å². The van der Waals surface area contributed by atoms with E-state index in [1.165, 1.54) is 23.7 Å². The van der Waals surface area contributed by atoms with Gasteiger partial charge in [-0.15, -0.1) is 11.3 Å². The van der Waals surface area contributed by atoms with Crippen molar-refractivity contribution in [3.63, 3.8) is 0 Å². The Morgan fingerprint density at radius 3 is 2.83 bits per heavy atom. The van der Waals surface area contributed by atoms with Crippen LogP contribution in [0.1, 0.15) is 4.88 Å². The minimum Gasteiger partial charge on any atom is -0.379 e. The van der Waals surface area contributed by atoms with Crippen molar-refractivity contribution in [3.8, 4) is 0 Å². The van der Waals surface area contributed by atoms with Crippen molar-refractivity contribution in [2.45, 2.75) is 11.4 Å². The molecule has 0 bridgehead atoms. The zero-order valence-corrected chi connectivity index (χ0v) is 11.9. The van der Waals surface area contributed by atoms with Crippen LogP contribution in [0.25, 0.3) is 0 Å². The molecule has 1 aromatic heterocycles. The molecule has 18 heavy (non-hydrogen) atoms. The normalized spacial score (nSPS) is 11.4. The number of halogens is 1. The highest BCUT2D eigenvalue weighted by Crippen LogP contribution is 2.26. The van der Waals surface area contributed by atoms with E-state index < -0.39 is 9.84 Å². The van der Waals surface area contributed by atoms with Crippen LogP contribution in [0.3, 0.4) is 0 Å². The van der Waals surface area contributed by atoms with Gasteiger partial charge < -0.3 is 5.32 Å². The molecule has 1 aromatic carbocycles. The first kappa shape index (κ1) is 13.3. The average Bonchev–Trinajstić information content (AvgIpc) is 2.79. The monoisotopic (exact) mass is 302 g/mol. The number of anilines is 1. The Morgan fingerprint density at radius 1 is 1.44 bits per heavy atom. The number of nitrogens with one attached hydrogen (secondary N) is 1. The number of sulfone groups is 1. The number of nitrogens with zero attached hydrogens (tertiary/aromatic N) is 1. The lowest BCUT2D eigenvalue weighted by atomic mass is 10.3. The Hall–Kier alpha value is -1.11. The molecule has 2 rings (SSSR count). The second kappa shape index (κ2) is 5.26. The Labute approximate surface area is 115 Å². The highest BCUT2D eigenvalue weighted by Gasteiger charge is 2.10. The third kappa shape index (κ3) is 3.22. The molecule has 4 nitrogen and oxygen atoms in total. The molecule has 0 aliphatic carbocycles. The third-order valence-electron chi connectivity index (χ3n) is 2.30. The molecule has 0 spiro atoms. The maximum absolute atomic E-state index is 11.5. The van der Waals surface area contributed by atoms with Gasteiger partial charge in [0.05, 0.1) is 27.7 Å². The van der Waals surface area contributed by atoms with Crippen LogP contribution in [0.4, 0.5) is 5.69 Å². The number of aromatic nitrogens is 1. The predicted octanol–water partition coefficient (Wildman–Crippen LogP) is 2.81. The third-order valence-corrected chi connectivity index (χ3v) is 4.52. The van der Waals surface area contributed by atoms with Crippen LogP contribution >= 0.6 is 22.9 Å². The van der Waals surface area contributed by atoms with Crippen molar-refractivity contribution >= 4 is 38.5 Å². The quantitative estimate of drug-likeness (QED) is 0.943. The van der Waals surface area contributed by atoms with Gasteiger partial charge in [-0.3, -0.25) is 4.98 Å². The smallest absolute Gasteiger partial charge is 0.175 e. The largest absolute Gasteiger partial charge is 0.379 e. The highest BCUT2D eigenvalue weighted by molar-refractivity contribution is 7.90. The molecule has 0 aliphatic heterocycles. The van der Waals surface area contributed by atoms with E-state index in [2.05, 4.69) is 10.3 Å². The molecule has 0 amide bonds. The molecule has 0 saturated carbocycles. The Bertz CT molecular complexity index is 639. The fourth-order valence-corrected chi connectivity index (χ4v) is 2.75. The van der Waals surface area contributed by atoms with E-state index in [0.717, 1.165) is 4.88 Å². The second-order valence-electron chi connectivity index (χ2n) is 3.74. The van der Waals surface area contributed by atoms with Crippen molar-refractivity contribution in [3.05, 3.63) is 39.8 Å². The summed E-state index contributed by atoms with van der Waals surface area (Å²) in [5, 5.41) is 3.59. The summed E-state index contributed by atoms with van der Waals surface area (Å²) in [6.45, 7) is 0.567. The number of hydrogen-bond donors (Lipinski definition) is 1. The number of benzene rings is 1. The minimum absolute atomic E-state index is 0.249. The van der Waals surface area contributed by atoms with Gasteiger partial charge in [-0.05, 0) is 18.2 Å². The van der Waals surface area contributed by atoms with E-state index >= 15 is 0 Å². The van der Waals surface area contributed by atoms with E-state index in [4.69, 9.17) is 11.6 Å². The standard InChI is InChI=1S/C11H11ClN2O2S2/c1-18(15,16)9-2-3-10(12)11(4-9)14-6-8-5-13-7-17-8/h2-5,7,14H,6H2,1H3. The lowest BCUT2D eigenvalue weighted by molar-refractivity contribution is 0.602. The van der Waals surface area contributed by atoms with Crippen molar-refractivity contribution in [1.82, 2.24) is 4.98 Å². The SMILES string of the molecule is CS(=O)(=O)c1ccc(Cl)c(NCc2cncs2)c1. The molecular formula is C11H11ClN2O2S2. The van der Waals surface area contributed by atoms with Crippen molar-refractivity contribution in [2.75, 3.05) is 11.6 Å². The predicted molar refractivity (Wildman–Crippen MR) is 74.0 cm³/mol. The number of hydrogen-bond acceptors (Lipinski definition) is 5. The zero-order valence-electron chi connectivity index (χ0n) is 9.55. The van der Waals surface area contributed by atoms with E-state index in [9.17, 15) is 8.42 Å². The number of rotatable bonds is 4. The van der Waals surface area contributed by atoms with Gasteiger partial charge in [0.1, 0.15) is 0 Å². The second-order valence-corrected chi connectivity index (χ2v) is 7.13. The van der Waals surface area contributed by atoms with Crippen LogP contribution in [-0.4, -0.2) is 19.7 Å². The molecular weight excluding hydrogens is 292 g/mol. The maximum Gasteiger partial charge on any atom is 0.175 e. The summed E-state index contributed by atoms with van der Waals surface area (Å²) >= 11 is 7.54. The topological polar surface area (TPSA) is 59.1 Å². The van der Waals surface area contributed by atoms with Gasteiger partial charge in [-0.25, -0.2) is 8.42 Å². The lowest BCUT2D eigenvalue weighted by Gasteiger charge is -2.08. The van der Waals surface area contributed by atoms with E-state index in [-0.39, 0.29) is 4.90 Å². The van der Waals surface area contributed by atoms with Gasteiger partial charge in [-0.1, -0.05) is 11.6 Å². The minimum atomic E-state index is -3.22. The molecule has 0 unspecified atom stereocenters. The molecule has 96 valence electrons. The number of thiazole rings is 1. The van der Waals surface area contributed by atoms with E-state index in [0.29, 0.717) is 17.3 Å².